The molecule has 0 aliphatic heterocycles. The molecule has 3 nitrogen and oxygen atoms in total. The number of nitrogens with two attached hydrogens (primary N) is 1. The van der Waals surface area contributed by atoms with Crippen molar-refractivity contribution in [1.82, 2.24) is 0 Å². The van der Waals surface area contributed by atoms with Gasteiger partial charge in [-0.15, -0.1) is 12.4 Å². The number of hydrogen-bond acceptors (Lipinski definition) is 2. The molecule has 100 valence electrons. The topological polar surface area (TPSA) is 59.1 Å². The highest BCUT2D eigenvalue weighted by Crippen LogP contribution is 2.12. The van der Waals surface area contributed by atoms with Crippen LogP contribution in [-0.2, 0) is 6.42 Å². The lowest BCUT2D eigenvalue weighted by molar-refractivity contribution is 0.322. The average molecular weight is 277 g/mol. The highest BCUT2D eigenvalue weighted by Gasteiger charge is 1.98. The largest absolute Gasteiger partial charge is 0.493 e. The van der Waals surface area contributed by atoms with E-state index in [2.05, 4.69) is 12.1 Å². The van der Waals surface area contributed by atoms with Crippen molar-refractivity contribution in [3.8, 4) is 5.75 Å². The van der Waals surface area contributed by atoms with E-state index in [9.17, 15) is 0 Å². The van der Waals surface area contributed by atoms with E-state index in [4.69, 9.17) is 15.9 Å². The molecule has 4 heteroatoms. The summed E-state index contributed by atoms with van der Waals surface area (Å²) in [5.41, 5.74) is 7.36. The fraction of sp³-hybridized carbons (Fsp3) is 0.133. The second kappa shape index (κ2) is 7.44. The number of ether oxygens (including phenoxy) is 1. The molecule has 0 saturated carbocycles. The Kier molecular flexibility index (Phi) is 5.90. The van der Waals surface area contributed by atoms with Crippen molar-refractivity contribution in [3.05, 3.63) is 65.7 Å². The lowest BCUT2D eigenvalue weighted by Gasteiger charge is -2.07. The van der Waals surface area contributed by atoms with Crippen LogP contribution in [0, 0.1) is 5.41 Å². The second-order valence-corrected chi connectivity index (χ2v) is 4.02. The number of benzene rings is 2. The van der Waals surface area contributed by atoms with Crippen LogP contribution in [0.2, 0.25) is 0 Å². The Morgan fingerprint density at radius 3 is 2.21 bits per heavy atom. The quantitative estimate of drug-likeness (QED) is 0.651. The Hall–Kier alpha value is -2.00. The minimum atomic E-state index is 0. The predicted octanol–water partition coefficient (Wildman–Crippen LogP) is 3.01. The van der Waals surface area contributed by atoms with Crippen LogP contribution in [0.1, 0.15) is 11.1 Å². The zero-order chi connectivity index (χ0) is 12.8. The number of amidine groups is 1. The molecular weight excluding hydrogens is 260 g/mol. The monoisotopic (exact) mass is 276 g/mol. The molecule has 2 aromatic rings. The fourth-order valence-electron chi connectivity index (χ4n) is 1.66. The summed E-state index contributed by atoms with van der Waals surface area (Å²) in [6, 6.07) is 17.5. The highest BCUT2D eigenvalue weighted by molar-refractivity contribution is 5.94. The van der Waals surface area contributed by atoms with E-state index in [1.165, 1.54) is 5.56 Å². The van der Waals surface area contributed by atoms with Crippen LogP contribution in [0.3, 0.4) is 0 Å². The van der Waals surface area contributed by atoms with Crippen molar-refractivity contribution < 1.29 is 4.74 Å². The molecule has 0 atom stereocenters. The third-order valence-corrected chi connectivity index (χ3v) is 2.67. The first kappa shape index (κ1) is 15.1. The van der Waals surface area contributed by atoms with Gasteiger partial charge in [0.25, 0.3) is 0 Å². The maximum atomic E-state index is 7.29. The first-order chi connectivity index (χ1) is 8.75. The number of halogens is 1. The van der Waals surface area contributed by atoms with Gasteiger partial charge < -0.3 is 10.5 Å². The molecule has 0 unspecified atom stereocenters. The molecule has 0 bridgehead atoms. The van der Waals surface area contributed by atoms with E-state index in [0.29, 0.717) is 12.2 Å². The Balaban J connectivity index is 0.00000180. The molecule has 0 aromatic heterocycles. The van der Waals surface area contributed by atoms with Crippen molar-refractivity contribution in [3.63, 3.8) is 0 Å². The Bertz CT molecular complexity index is 511. The van der Waals surface area contributed by atoms with E-state index in [1.54, 1.807) is 12.1 Å². The summed E-state index contributed by atoms with van der Waals surface area (Å²) in [5, 5.41) is 7.29. The summed E-state index contributed by atoms with van der Waals surface area (Å²) in [4.78, 5) is 0. The summed E-state index contributed by atoms with van der Waals surface area (Å²) in [5.74, 6) is 0.877. The van der Waals surface area contributed by atoms with Crippen molar-refractivity contribution >= 4 is 18.2 Å². The fourth-order valence-corrected chi connectivity index (χ4v) is 1.66. The molecule has 0 amide bonds. The molecule has 2 rings (SSSR count). The van der Waals surface area contributed by atoms with Crippen LogP contribution < -0.4 is 10.5 Å². The summed E-state index contributed by atoms with van der Waals surface area (Å²) >= 11 is 0. The summed E-state index contributed by atoms with van der Waals surface area (Å²) in [7, 11) is 0. The van der Waals surface area contributed by atoms with Gasteiger partial charge in [-0.3, -0.25) is 5.41 Å². The van der Waals surface area contributed by atoms with Crippen LogP contribution in [0.25, 0.3) is 0 Å². The average Bonchev–Trinajstić information content (AvgIpc) is 2.40. The first-order valence-corrected chi connectivity index (χ1v) is 5.87. The van der Waals surface area contributed by atoms with Gasteiger partial charge in [0.15, 0.2) is 0 Å². The van der Waals surface area contributed by atoms with Crippen molar-refractivity contribution in [2.75, 3.05) is 6.61 Å². The molecule has 0 aliphatic carbocycles. The molecule has 0 fully saturated rings. The Labute approximate surface area is 119 Å². The third kappa shape index (κ3) is 4.64. The van der Waals surface area contributed by atoms with Gasteiger partial charge in [0.2, 0.25) is 0 Å². The smallest absolute Gasteiger partial charge is 0.122 e. The van der Waals surface area contributed by atoms with Crippen molar-refractivity contribution in [2.45, 2.75) is 6.42 Å². The van der Waals surface area contributed by atoms with E-state index >= 15 is 0 Å². The minimum Gasteiger partial charge on any atom is -0.493 e. The number of nitrogens with one attached hydrogen (secondary N) is 1. The lowest BCUT2D eigenvalue weighted by Crippen LogP contribution is -2.10. The van der Waals surface area contributed by atoms with E-state index < -0.39 is 0 Å². The first-order valence-electron chi connectivity index (χ1n) is 5.87. The second-order valence-electron chi connectivity index (χ2n) is 4.02. The highest BCUT2D eigenvalue weighted by atomic mass is 35.5. The normalized spacial score (nSPS) is 9.47. The van der Waals surface area contributed by atoms with E-state index in [0.717, 1.165) is 12.2 Å². The minimum absolute atomic E-state index is 0. The van der Waals surface area contributed by atoms with Gasteiger partial charge in [-0.2, -0.15) is 0 Å². The Morgan fingerprint density at radius 2 is 1.63 bits per heavy atom. The van der Waals surface area contributed by atoms with Gasteiger partial charge in [0.1, 0.15) is 11.6 Å². The van der Waals surface area contributed by atoms with Crippen LogP contribution in [0.5, 0.6) is 5.75 Å². The number of rotatable bonds is 5. The molecule has 0 aliphatic rings. The van der Waals surface area contributed by atoms with Crippen LogP contribution in [0.4, 0.5) is 0 Å². The maximum absolute atomic E-state index is 7.29. The van der Waals surface area contributed by atoms with Gasteiger partial charge in [0.05, 0.1) is 6.61 Å². The SMILES string of the molecule is Cl.N=C(N)c1ccc(OCCc2ccccc2)cc1. The lowest BCUT2D eigenvalue weighted by atomic mass is 10.2. The van der Waals surface area contributed by atoms with Gasteiger partial charge in [0, 0.05) is 12.0 Å². The molecule has 0 saturated heterocycles. The van der Waals surface area contributed by atoms with E-state index in [1.807, 2.05) is 30.3 Å². The van der Waals surface area contributed by atoms with Crippen LogP contribution in [0.15, 0.2) is 54.6 Å². The van der Waals surface area contributed by atoms with Gasteiger partial charge in [-0.05, 0) is 29.8 Å². The van der Waals surface area contributed by atoms with Crippen molar-refractivity contribution in [2.24, 2.45) is 5.73 Å². The summed E-state index contributed by atoms with van der Waals surface area (Å²) < 4.78 is 5.63. The van der Waals surface area contributed by atoms with Gasteiger partial charge in [-0.25, -0.2) is 0 Å². The standard InChI is InChI=1S/C15H16N2O.ClH/c16-15(17)13-6-8-14(9-7-13)18-11-10-12-4-2-1-3-5-12;/h1-9H,10-11H2,(H3,16,17);1H. The Morgan fingerprint density at radius 1 is 1.00 bits per heavy atom. The number of nitrogen functional groups attached to an aromatic ring is 1. The molecule has 3 N–H and O–H groups in total. The molecule has 0 spiro atoms. The van der Waals surface area contributed by atoms with Crippen LogP contribution in [-0.4, -0.2) is 12.4 Å². The molecular formula is C15H17ClN2O. The maximum Gasteiger partial charge on any atom is 0.122 e. The third-order valence-electron chi connectivity index (χ3n) is 2.67. The molecule has 0 heterocycles. The summed E-state index contributed by atoms with van der Waals surface area (Å²) in [6.07, 6.45) is 0.884. The van der Waals surface area contributed by atoms with Gasteiger partial charge in [-0.1, -0.05) is 30.3 Å². The molecule has 2 aromatic carbocycles. The van der Waals surface area contributed by atoms with Crippen molar-refractivity contribution in [1.29, 1.82) is 5.41 Å². The molecule has 0 radical (unpaired) electrons. The van der Waals surface area contributed by atoms with Crippen LogP contribution >= 0.6 is 12.4 Å². The van der Waals surface area contributed by atoms with E-state index in [-0.39, 0.29) is 18.2 Å². The molecule has 19 heavy (non-hydrogen) atoms. The van der Waals surface area contributed by atoms with Gasteiger partial charge >= 0.3 is 0 Å². The zero-order valence-electron chi connectivity index (χ0n) is 10.5. The predicted molar refractivity (Wildman–Crippen MR) is 80.3 cm³/mol. The number of hydrogen-bond donors (Lipinski definition) is 2. The zero-order valence-corrected chi connectivity index (χ0v) is 11.3. The summed E-state index contributed by atoms with van der Waals surface area (Å²) in [6.45, 7) is 0.642.